The van der Waals surface area contributed by atoms with Crippen LogP contribution in [-0.4, -0.2) is 29.4 Å². The molecule has 2 rings (SSSR count). The molecule has 17 heavy (non-hydrogen) atoms. The molecule has 0 radical (unpaired) electrons. The minimum atomic E-state index is -1.53. The van der Waals surface area contributed by atoms with E-state index in [1.54, 1.807) is 12.1 Å². The fourth-order valence-electron chi connectivity index (χ4n) is 1.94. The summed E-state index contributed by atoms with van der Waals surface area (Å²) in [6.07, 6.45) is -0.951. The van der Waals surface area contributed by atoms with Crippen LogP contribution >= 0.6 is 0 Å². The first-order valence-electron chi connectivity index (χ1n) is 5.47. The third kappa shape index (κ3) is 2.06. The van der Waals surface area contributed by atoms with Gasteiger partial charge < -0.3 is 19.7 Å². The van der Waals surface area contributed by atoms with Gasteiger partial charge in [-0.25, -0.2) is 4.79 Å². The summed E-state index contributed by atoms with van der Waals surface area (Å²) >= 11 is 0. The number of aliphatic carboxylic acids is 1. The molecule has 1 aromatic rings. The van der Waals surface area contributed by atoms with Crippen molar-refractivity contribution >= 4 is 5.97 Å². The van der Waals surface area contributed by atoms with Gasteiger partial charge in [0, 0.05) is 5.56 Å². The molecule has 1 aromatic carbocycles. The lowest BCUT2D eigenvalue weighted by atomic mass is 9.98. The van der Waals surface area contributed by atoms with Crippen molar-refractivity contribution < 1.29 is 24.5 Å². The topological polar surface area (TPSA) is 76.0 Å². The molecule has 5 heteroatoms. The van der Waals surface area contributed by atoms with Gasteiger partial charge in [0.15, 0.2) is 17.6 Å². The lowest BCUT2D eigenvalue weighted by molar-refractivity contribution is -0.147. The van der Waals surface area contributed by atoms with Crippen LogP contribution < -0.4 is 9.47 Å². The Labute approximate surface area is 98.6 Å². The molecule has 0 saturated heterocycles. The Hall–Kier alpha value is -1.75. The van der Waals surface area contributed by atoms with E-state index in [4.69, 9.17) is 14.6 Å². The number of ether oxygens (including phenoxy) is 2. The average Bonchev–Trinajstić information content (AvgIpc) is 2.36. The van der Waals surface area contributed by atoms with E-state index in [0.717, 1.165) is 0 Å². The van der Waals surface area contributed by atoms with Crippen LogP contribution in [0.5, 0.6) is 11.5 Å². The standard InChI is InChI=1S/C12H14O5/c1-2-7-8(10(13)12(14)15)3-4-9-11(7)17-6-5-16-9/h3-4,10,13H,2,5-6H2,1H3,(H,14,15). The van der Waals surface area contributed by atoms with Gasteiger partial charge in [-0.3, -0.25) is 0 Å². The van der Waals surface area contributed by atoms with E-state index in [9.17, 15) is 9.90 Å². The van der Waals surface area contributed by atoms with Gasteiger partial charge in [0.1, 0.15) is 13.2 Å². The summed E-state index contributed by atoms with van der Waals surface area (Å²) in [7, 11) is 0. The number of hydrogen-bond acceptors (Lipinski definition) is 4. The molecule has 2 N–H and O–H groups in total. The molecule has 1 heterocycles. The van der Waals surface area contributed by atoms with Crippen LogP contribution in [0.4, 0.5) is 0 Å². The number of fused-ring (bicyclic) bond motifs is 1. The van der Waals surface area contributed by atoms with Crippen LogP contribution in [0, 0.1) is 0 Å². The molecular formula is C12H14O5. The number of rotatable bonds is 3. The third-order valence-corrected chi connectivity index (χ3v) is 2.73. The van der Waals surface area contributed by atoms with Gasteiger partial charge in [-0.15, -0.1) is 0 Å². The molecule has 1 aliphatic rings. The molecule has 0 bridgehead atoms. The smallest absolute Gasteiger partial charge is 0.337 e. The zero-order valence-corrected chi connectivity index (χ0v) is 9.47. The van der Waals surface area contributed by atoms with Crippen molar-refractivity contribution in [3.8, 4) is 11.5 Å². The predicted molar refractivity (Wildman–Crippen MR) is 59.4 cm³/mol. The Morgan fingerprint density at radius 2 is 2.12 bits per heavy atom. The van der Waals surface area contributed by atoms with Crippen molar-refractivity contribution in [3.63, 3.8) is 0 Å². The monoisotopic (exact) mass is 238 g/mol. The summed E-state index contributed by atoms with van der Waals surface area (Å²) in [5.74, 6) is -0.109. The molecule has 0 saturated carbocycles. The maximum Gasteiger partial charge on any atom is 0.337 e. The molecule has 5 nitrogen and oxygen atoms in total. The van der Waals surface area contributed by atoms with Gasteiger partial charge in [-0.1, -0.05) is 13.0 Å². The summed E-state index contributed by atoms with van der Waals surface area (Å²) in [5.41, 5.74) is 1.06. The van der Waals surface area contributed by atoms with Gasteiger partial charge in [0.2, 0.25) is 0 Å². The Morgan fingerprint density at radius 1 is 1.41 bits per heavy atom. The second-order valence-corrected chi connectivity index (χ2v) is 3.75. The number of hydrogen-bond donors (Lipinski definition) is 2. The number of carboxylic acid groups (broad SMARTS) is 1. The zero-order valence-electron chi connectivity index (χ0n) is 9.47. The van der Waals surface area contributed by atoms with Crippen molar-refractivity contribution in [2.45, 2.75) is 19.4 Å². The van der Waals surface area contributed by atoms with Crippen LogP contribution in [0.2, 0.25) is 0 Å². The second kappa shape index (κ2) is 4.63. The molecule has 1 atom stereocenters. The molecule has 0 spiro atoms. The van der Waals surface area contributed by atoms with Crippen LogP contribution in [-0.2, 0) is 11.2 Å². The van der Waals surface area contributed by atoms with Crippen LogP contribution in [0.3, 0.4) is 0 Å². The summed E-state index contributed by atoms with van der Waals surface area (Å²) in [6.45, 7) is 2.80. The molecule has 0 fully saturated rings. The van der Waals surface area contributed by atoms with Crippen molar-refractivity contribution in [3.05, 3.63) is 23.3 Å². The summed E-state index contributed by atoms with van der Waals surface area (Å²) < 4.78 is 10.9. The van der Waals surface area contributed by atoms with Gasteiger partial charge in [-0.2, -0.15) is 0 Å². The number of carboxylic acids is 1. The molecule has 1 unspecified atom stereocenters. The average molecular weight is 238 g/mol. The highest BCUT2D eigenvalue weighted by Gasteiger charge is 2.25. The molecule has 1 aliphatic heterocycles. The fourth-order valence-corrected chi connectivity index (χ4v) is 1.94. The van der Waals surface area contributed by atoms with Crippen molar-refractivity contribution in [2.24, 2.45) is 0 Å². The highest BCUT2D eigenvalue weighted by Crippen LogP contribution is 2.38. The third-order valence-electron chi connectivity index (χ3n) is 2.73. The van der Waals surface area contributed by atoms with Crippen molar-refractivity contribution in [2.75, 3.05) is 13.2 Å². The number of aliphatic hydroxyl groups excluding tert-OH is 1. The van der Waals surface area contributed by atoms with E-state index in [0.29, 0.717) is 42.3 Å². The normalized spacial score (nSPS) is 15.4. The lowest BCUT2D eigenvalue weighted by Gasteiger charge is -2.23. The molecule has 0 aliphatic carbocycles. The highest BCUT2D eigenvalue weighted by atomic mass is 16.6. The predicted octanol–water partition coefficient (Wildman–Crippen LogP) is 1.14. The molecular weight excluding hydrogens is 224 g/mol. The Bertz CT molecular complexity index is 441. The lowest BCUT2D eigenvalue weighted by Crippen LogP contribution is -2.19. The van der Waals surface area contributed by atoms with E-state index in [-0.39, 0.29) is 0 Å². The van der Waals surface area contributed by atoms with E-state index in [2.05, 4.69) is 0 Å². The van der Waals surface area contributed by atoms with Crippen LogP contribution in [0.1, 0.15) is 24.2 Å². The van der Waals surface area contributed by atoms with Crippen molar-refractivity contribution in [1.82, 2.24) is 0 Å². The van der Waals surface area contributed by atoms with Crippen molar-refractivity contribution in [1.29, 1.82) is 0 Å². The van der Waals surface area contributed by atoms with Gasteiger partial charge >= 0.3 is 5.97 Å². The van der Waals surface area contributed by atoms with E-state index < -0.39 is 12.1 Å². The summed E-state index contributed by atoms with van der Waals surface area (Å²) in [5, 5.41) is 18.5. The van der Waals surface area contributed by atoms with Crippen LogP contribution in [0.15, 0.2) is 12.1 Å². The first kappa shape index (κ1) is 11.7. The minimum Gasteiger partial charge on any atom is -0.486 e. The maximum atomic E-state index is 10.8. The number of benzene rings is 1. The maximum absolute atomic E-state index is 10.8. The number of aliphatic hydroxyl groups is 1. The number of carbonyl (C=O) groups is 1. The first-order chi connectivity index (χ1) is 8.15. The van der Waals surface area contributed by atoms with E-state index >= 15 is 0 Å². The highest BCUT2D eigenvalue weighted by molar-refractivity contribution is 5.75. The summed E-state index contributed by atoms with van der Waals surface area (Å²) in [4.78, 5) is 10.8. The largest absolute Gasteiger partial charge is 0.486 e. The fraction of sp³-hybridized carbons (Fsp3) is 0.417. The Kier molecular flexibility index (Phi) is 3.19. The Balaban J connectivity index is 2.50. The van der Waals surface area contributed by atoms with Gasteiger partial charge in [0.25, 0.3) is 0 Å². The summed E-state index contributed by atoms with van der Waals surface area (Å²) in [6, 6.07) is 3.21. The van der Waals surface area contributed by atoms with E-state index in [1.807, 2.05) is 6.92 Å². The van der Waals surface area contributed by atoms with E-state index in [1.165, 1.54) is 0 Å². The zero-order chi connectivity index (χ0) is 12.4. The second-order valence-electron chi connectivity index (χ2n) is 3.75. The Morgan fingerprint density at radius 3 is 2.76 bits per heavy atom. The first-order valence-corrected chi connectivity index (χ1v) is 5.47. The molecule has 92 valence electrons. The van der Waals surface area contributed by atoms with Gasteiger partial charge in [-0.05, 0) is 18.1 Å². The molecule has 0 aromatic heterocycles. The van der Waals surface area contributed by atoms with Crippen LogP contribution in [0.25, 0.3) is 0 Å². The minimum absolute atomic E-state index is 0.365. The molecule has 0 amide bonds. The SMILES string of the molecule is CCc1c(C(O)C(=O)O)ccc2c1OCCO2. The van der Waals surface area contributed by atoms with Gasteiger partial charge in [0.05, 0.1) is 0 Å². The quantitative estimate of drug-likeness (QED) is 0.825.